The molecule has 0 atom stereocenters. The van der Waals surface area contributed by atoms with Crippen LogP contribution in [0.2, 0.25) is 0 Å². The number of anilines is 1. The van der Waals surface area contributed by atoms with E-state index in [-0.39, 0.29) is 17.4 Å². The van der Waals surface area contributed by atoms with E-state index in [1.54, 1.807) is 6.07 Å². The van der Waals surface area contributed by atoms with Gasteiger partial charge in [0.25, 0.3) is 0 Å². The topological polar surface area (TPSA) is 59.6 Å². The first-order valence-corrected chi connectivity index (χ1v) is 7.29. The summed E-state index contributed by atoms with van der Waals surface area (Å²) < 4.78 is 41.9. The maximum absolute atomic E-state index is 12.4. The van der Waals surface area contributed by atoms with E-state index in [0.29, 0.717) is 6.54 Å². The van der Waals surface area contributed by atoms with E-state index in [1.807, 2.05) is 24.3 Å². The van der Waals surface area contributed by atoms with Crippen molar-refractivity contribution in [2.75, 3.05) is 5.32 Å². The number of halogens is 4. The average Bonchev–Trinajstić information content (AvgIpc) is 2.46. The molecule has 2 aromatic carbocycles. The number of aliphatic imine (C=N–C) groups is 1. The Hall–Kier alpha value is -2.22. The van der Waals surface area contributed by atoms with Crippen LogP contribution in [0.15, 0.2) is 58.0 Å². The molecule has 0 saturated carbocycles. The number of guanidine groups is 1. The highest BCUT2D eigenvalue weighted by Gasteiger charge is 2.32. The fourth-order valence-corrected chi connectivity index (χ4v) is 2.22. The van der Waals surface area contributed by atoms with Crippen molar-refractivity contribution in [3.63, 3.8) is 0 Å². The first-order valence-electron chi connectivity index (χ1n) is 6.49. The summed E-state index contributed by atoms with van der Waals surface area (Å²) in [5.74, 6) is -0.385. The molecule has 0 fully saturated rings. The number of ether oxygens (including phenoxy) is 1. The summed E-state index contributed by atoms with van der Waals surface area (Å²) in [4.78, 5) is 4.09. The second-order valence-electron chi connectivity index (χ2n) is 4.50. The lowest BCUT2D eigenvalue weighted by molar-refractivity contribution is -0.274. The van der Waals surface area contributed by atoms with Crippen molar-refractivity contribution in [2.24, 2.45) is 10.7 Å². The Balaban J connectivity index is 2.08. The maximum atomic E-state index is 12.4. The largest absolute Gasteiger partial charge is 0.573 e. The molecular weight excluding hydrogens is 375 g/mol. The van der Waals surface area contributed by atoms with Crippen molar-refractivity contribution in [1.29, 1.82) is 0 Å². The minimum absolute atomic E-state index is 0.0109. The third-order valence-electron chi connectivity index (χ3n) is 2.70. The number of benzene rings is 2. The molecule has 0 aromatic heterocycles. The van der Waals surface area contributed by atoms with E-state index < -0.39 is 6.36 Å². The zero-order valence-corrected chi connectivity index (χ0v) is 13.4. The quantitative estimate of drug-likeness (QED) is 0.608. The van der Waals surface area contributed by atoms with Gasteiger partial charge in [0.2, 0.25) is 0 Å². The summed E-state index contributed by atoms with van der Waals surface area (Å²) in [6, 6.07) is 13.1. The number of alkyl halides is 3. The Bertz CT molecular complexity index is 704. The van der Waals surface area contributed by atoms with Crippen molar-refractivity contribution in [1.82, 2.24) is 0 Å². The Morgan fingerprint density at radius 3 is 2.61 bits per heavy atom. The second-order valence-corrected chi connectivity index (χ2v) is 5.42. The standard InChI is InChI=1S/C15H13BrF3N3O/c16-11-5-3-4-10(8-11)9-21-14(20)22-12-6-1-2-7-13(12)23-15(17,18)19/h1-8H,9H2,(H3,20,21,22). The molecule has 2 aromatic rings. The second kappa shape index (κ2) is 7.36. The lowest BCUT2D eigenvalue weighted by atomic mass is 10.2. The van der Waals surface area contributed by atoms with Gasteiger partial charge in [-0.1, -0.05) is 40.2 Å². The van der Waals surface area contributed by atoms with E-state index in [1.165, 1.54) is 18.2 Å². The van der Waals surface area contributed by atoms with Crippen molar-refractivity contribution in [3.05, 3.63) is 58.6 Å². The summed E-state index contributed by atoms with van der Waals surface area (Å²) in [7, 11) is 0. The molecule has 0 heterocycles. The Labute approximate surface area is 139 Å². The van der Waals surface area contributed by atoms with Gasteiger partial charge in [0.05, 0.1) is 12.2 Å². The Kier molecular flexibility index (Phi) is 5.49. The summed E-state index contributed by atoms with van der Waals surface area (Å²) >= 11 is 3.34. The normalized spacial score (nSPS) is 12.1. The van der Waals surface area contributed by atoms with Crippen LogP contribution in [0.1, 0.15) is 5.56 Å². The molecule has 0 spiro atoms. The van der Waals surface area contributed by atoms with E-state index in [2.05, 4.69) is 31.0 Å². The molecule has 4 nitrogen and oxygen atoms in total. The first kappa shape index (κ1) is 17.1. The molecule has 0 aliphatic rings. The van der Waals surface area contributed by atoms with Gasteiger partial charge in [0.1, 0.15) is 0 Å². The van der Waals surface area contributed by atoms with E-state index in [9.17, 15) is 13.2 Å². The van der Waals surface area contributed by atoms with Gasteiger partial charge in [-0.15, -0.1) is 13.2 Å². The smallest absolute Gasteiger partial charge is 0.404 e. The van der Waals surface area contributed by atoms with Crippen molar-refractivity contribution in [3.8, 4) is 5.75 Å². The third kappa shape index (κ3) is 5.82. The van der Waals surface area contributed by atoms with Gasteiger partial charge in [-0.2, -0.15) is 0 Å². The minimum atomic E-state index is -4.78. The number of rotatable bonds is 4. The molecule has 3 N–H and O–H groups in total. The number of nitrogens with one attached hydrogen (secondary N) is 1. The highest BCUT2D eigenvalue weighted by Crippen LogP contribution is 2.29. The number of hydrogen-bond donors (Lipinski definition) is 2. The maximum Gasteiger partial charge on any atom is 0.573 e. The molecule has 0 aliphatic heterocycles. The van der Waals surface area contributed by atoms with Gasteiger partial charge in [0, 0.05) is 4.47 Å². The van der Waals surface area contributed by atoms with Gasteiger partial charge in [0.15, 0.2) is 11.7 Å². The highest BCUT2D eigenvalue weighted by molar-refractivity contribution is 9.10. The molecule has 8 heteroatoms. The number of nitrogens with zero attached hydrogens (tertiary/aromatic N) is 1. The fraction of sp³-hybridized carbons (Fsp3) is 0.133. The molecular formula is C15H13BrF3N3O. The molecule has 0 radical (unpaired) electrons. The average molecular weight is 388 g/mol. The van der Waals surface area contributed by atoms with Crippen molar-refractivity contribution in [2.45, 2.75) is 12.9 Å². The van der Waals surface area contributed by atoms with Gasteiger partial charge in [-0.25, -0.2) is 4.99 Å². The van der Waals surface area contributed by atoms with Crippen LogP contribution in [0, 0.1) is 0 Å². The van der Waals surface area contributed by atoms with Crippen molar-refractivity contribution >= 4 is 27.6 Å². The highest BCUT2D eigenvalue weighted by atomic mass is 79.9. The van der Waals surface area contributed by atoms with Gasteiger partial charge in [-0.3, -0.25) is 0 Å². The van der Waals surface area contributed by atoms with E-state index in [0.717, 1.165) is 10.0 Å². The van der Waals surface area contributed by atoms with Crippen LogP contribution < -0.4 is 15.8 Å². The molecule has 2 rings (SSSR count). The van der Waals surface area contributed by atoms with Gasteiger partial charge < -0.3 is 15.8 Å². The molecule has 0 aliphatic carbocycles. The van der Waals surface area contributed by atoms with Gasteiger partial charge in [-0.05, 0) is 29.8 Å². The predicted octanol–water partition coefficient (Wildman–Crippen LogP) is 4.27. The lowest BCUT2D eigenvalue weighted by Crippen LogP contribution is -2.24. The molecule has 0 amide bonds. The SMILES string of the molecule is NC(=NCc1cccc(Br)c1)Nc1ccccc1OC(F)(F)F. The third-order valence-corrected chi connectivity index (χ3v) is 3.19. The summed E-state index contributed by atoms with van der Waals surface area (Å²) in [5, 5.41) is 2.61. The minimum Gasteiger partial charge on any atom is -0.404 e. The molecule has 0 saturated heterocycles. The van der Waals surface area contributed by atoms with Crippen LogP contribution in [0.4, 0.5) is 18.9 Å². The first-order chi connectivity index (χ1) is 10.8. The number of nitrogens with two attached hydrogens (primary N) is 1. The van der Waals surface area contributed by atoms with E-state index in [4.69, 9.17) is 5.73 Å². The summed E-state index contributed by atoms with van der Waals surface area (Å²) in [6.07, 6.45) is -4.78. The summed E-state index contributed by atoms with van der Waals surface area (Å²) in [5.41, 5.74) is 6.70. The fourth-order valence-electron chi connectivity index (χ4n) is 1.77. The monoisotopic (exact) mass is 387 g/mol. The van der Waals surface area contributed by atoms with Crippen LogP contribution in [0.3, 0.4) is 0 Å². The molecule has 0 unspecified atom stereocenters. The van der Waals surface area contributed by atoms with Crippen LogP contribution in [-0.4, -0.2) is 12.3 Å². The Morgan fingerprint density at radius 2 is 1.91 bits per heavy atom. The van der Waals surface area contributed by atoms with Crippen LogP contribution in [-0.2, 0) is 6.54 Å². The lowest BCUT2D eigenvalue weighted by Gasteiger charge is -2.14. The van der Waals surface area contributed by atoms with Crippen LogP contribution in [0.5, 0.6) is 5.75 Å². The number of para-hydroxylation sites is 2. The van der Waals surface area contributed by atoms with E-state index >= 15 is 0 Å². The Morgan fingerprint density at radius 1 is 1.17 bits per heavy atom. The molecule has 0 bridgehead atoms. The number of hydrogen-bond acceptors (Lipinski definition) is 2. The molecule has 122 valence electrons. The molecule has 23 heavy (non-hydrogen) atoms. The zero-order chi connectivity index (χ0) is 16.9. The van der Waals surface area contributed by atoms with Crippen molar-refractivity contribution < 1.29 is 17.9 Å². The van der Waals surface area contributed by atoms with Gasteiger partial charge >= 0.3 is 6.36 Å². The van der Waals surface area contributed by atoms with Crippen LogP contribution in [0.25, 0.3) is 0 Å². The summed E-state index contributed by atoms with van der Waals surface area (Å²) in [6.45, 7) is 0.292. The zero-order valence-electron chi connectivity index (χ0n) is 11.8. The van der Waals surface area contributed by atoms with Crippen LogP contribution >= 0.6 is 15.9 Å². The predicted molar refractivity (Wildman–Crippen MR) is 86.2 cm³/mol.